The molecule has 2 rings (SSSR count). The topological polar surface area (TPSA) is 70.4 Å². The Bertz CT molecular complexity index is 553. The number of likely N-dealkylation sites (tertiary alicyclic amines) is 1. The summed E-state index contributed by atoms with van der Waals surface area (Å²) in [7, 11) is 0. The van der Waals surface area contributed by atoms with Crippen molar-refractivity contribution >= 4 is 11.9 Å². The zero-order valence-corrected chi connectivity index (χ0v) is 13.8. The smallest absolute Gasteiger partial charge is 0.414 e. The van der Waals surface area contributed by atoms with Crippen molar-refractivity contribution in [3.63, 3.8) is 0 Å². The van der Waals surface area contributed by atoms with Gasteiger partial charge in [-0.3, -0.25) is 9.69 Å². The standard InChI is InChI=1S/C17H24N2O3/c1-5-17-9-6-10-19(15(21)22-16(2,3)4)14(17)8-7-13(20)12(17)11-18/h8,12H,5-7,9-10H2,1-4H3/t12-,17+/m1/s1. The summed E-state index contributed by atoms with van der Waals surface area (Å²) in [5, 5.41) is 9.48. The molecule has 0 bridgehead atoms. The fourth-order valence-electron chi connectivity index (χ4n) is 3.56. The van der Waals surface area contributed by atoms with Crippen molar-refractivity contribution in [3.8, 4) is 6.07 Å². The number of piperidine rings is 1. The zero-order chi connectivity index (χ0) is 16.5. The number of ether oxygens (including phenoxy) is 1. The molecular weight excluding hydrogens is 280 g/mol. The van der Waals surface area contributed by atoms with E-state index in [-0.39, 0.29) is 18.3 Å². The number of rotatable bonds is 1. The van der Waals surface area contributed by atoms with E-state index < -0.39 is 16.9 Å². The second-order valence-electron chi connectivity index (χ2n) is 7.07. The molecule has 0 aromatic heterocycles. The molecule has 5 nitrogen and oxygen atoms in total. The van der Waals surface area contributed by atoms with Crippen molar-refractivity contribution in [1.82, 2.24) is 4.90 Å². The summed E-state index contributed by atoms with van der Waals surface area (Å²) in [6, 6.07) is 2.18. The number of nitriles is 1. The van der Waals surface area contributed by atoms with E-state index in [2.05, 4.69) is 6.07 Å². The maximum atomic E-state index is 12.5. The number of carbonyl (C=O) groups is 2. The molecule has 5 heteroatoms. The van der Waals surface area contributed by atoms with Gasteiger partial charge in [0.1, 0.15) is 11.5 Å². The Morgan fingerprint density at radius 3 is 2.77 bits per heavy atom. The number of hydrogen-bond acceptors (Lipinski definition) is 4. The highest BCUT2D eigenvalue weighted by molar-refractivity contribution is 5.88. The van der Waals surface area contributed by atoms with Crippen LogP contribution in [0.5, 0.6) is 0 Å². The highest BCUT2D eigenvalue weighted by Crippen LogP contribution is 2.51. The second-order valence-corrected chi connectivity index (χ2v) is 7.07. The first-order chi connectivity index (χ1) is 10.2. The number of ketones is 1. The Kier molecular flexibility index (Phi) is 4.32. The third-order valence-corrected chi connectivity index (χ3v) is 4.55. The molecule has 1 aliphatic heterocycles. The maximum absolute atomic E-state index is 12.5. The number of carbonyl (C=O) groups excluding carboxylic acids is 2. The molecular formula is C17H24N2O3. The van der Waals surface area contributed by atoms with Gasteiger partial charge in [0.05, 0.1) is 6.07 Å². The zero-order valence-electron chi connectivity index (χ0n) is 13.8. The monoisotopic (exact) mass is 304 g/mol. The fraction of sp³-hybridized carbons (Fsp3) is 0.706. The molecule has 0 saturated carbocycles. The molecule has 0 unspecified atom stereocenters. The van der Waals surface area contributed by atoms with Crippen LogP contribution in [0.1, 0.15) is 53.4 Å². The lowest BCUT2D eigenvalue weighted by molar-refractivity contribution is -0.125. The molecule has 0 spiro atoms. The molecule has 1 amide bonds. The molecule has 120 valence electrons. The van der Waals surface area contributed by atoms with Gasteiger partial charge in [0.25, 0.3) is 0 Å². The first-order valence-electron chi connectivity index (χ1n) is 7.88. The van der Waals surface area contributed by atoms with Gasteiger partial charge in [-0.15, -0.1) is 0 Å². The Labute approximate surface area is 131 Å². The normalized spacial score (nSPS) is 28.5. The van der Waals surface area contributed by atoms with Crippen molar-refractivity contribution in [2.24, 2.45) is 11.3 Å². The molecule has 2 aliphatic rings. The quantitative estimate of drug-likeness (QED) is 0.744. The number of amides is 1. The highest BCUT2D eigenvalue weighted by Gasteiger charge is 2.51. The molecule has 2 atom stereocenters. The number of nitrogens with zero attached hydrogens (tertiary/aromatic N) is 2. The molecule has 22 heavy (non-hydrogen) atoms. The minimum Gasteiger partial charge on any atom is -0.443 e. The summed E-state index contributed by atoms with van der Waals surface area (Å²) < 4.78 is 5.49. The molecule has 1 saturated heterocycles. The molecule has 1 aliphatic carbocycles. The number of Topliss-reactive ketones (excluding diaryl/α,β-unsaturated/α-hetero) is 1. The summed E-state index contributed by atoms with van der Waals surface area (Å²) in [4.78, 5) is 26.3. The Hall–Kier alpha value is -1.83. The van der Waals surface area contributed by atoms with Crippen molar-refractivity contribution < 1.29 is 14.3 Å². The van der Waals surface area contributed by atoms with E-state index in [0.717, 1.165) is 18.5 Å². The Balaban J connectivity index is 2.39. The lowest BCUT2D eigenvalue weighted by Crippen LogP contribution is -2.51. The number of allylic oxidation sites excluding steroid dienone is 2. The fourth-order valence-corrected chi connectivity index (χ4v) is 3.56. The molecule has 1 heterocycles. The molecule has 0 aromatic carbocycles. The number of hydrogen-bond donors (Lipinski definition) is 0. The maximum Gasteiger partial charge on any atom is 0.414 e. The first-order valence-corrected chi connectivity index (χ1v) is 7.88. The summed E-state index contributed by atoms with van der Waals surface area (Å²) >= 11 is 0. The van der Waals surface area contributed by atoms with Crippen molar-refractivity contribution in [3.05, 3.63) is 11.8 Å². The van der Waals surface area contributed by atoms with E-state index >= 15 is 0 Å². The second kappa shape index (κ2) is 5.75. The van der Waals surface area contributed by atoms with Crippen LogP contribution in [-0.2, 0) is 9.53 Å². The van der Waals surface area contributed by atoms with Crippen LogP contribution in [0.15, 0.2) is 11.8 Å². The van der Waals surface area contributed by atoms with Gasteiger partial charge in [0.15, 0.2) is 5.78 Å². The lowest BCUT2D eigenvalue weighted by Gasteiger charge is -2.48. The van der Waals surface area contributed by atoms with Crippen LogP contribution in [0.2, 0.25) is 0 Å². The van der Waals surface area contributed by atoms with Gasteiger partial charge in [0, 0.05) is 24.1 Å². The van der Waals surface area contributed by atoms with Gasteiger partial charge >= 0.3 is 6.09 Å². The minimum absolute atomic E-state index is 0.0425. The van der Waals surface area contributed by atoms with E-state index in [4.69, 9.17) is 4.74 Å². The van der Waals surface area contributed by atoms with E-state index in [0.29, 0.717) is 13.0 Å². The van der Waals surface area contributed by atoms with E-state index in [1.54, 1.807) is 4.90 Å². The van der Waals surface area contributed by atoms with Crippen LogP contribution in [0, 0.1) is 22.7 Å². The van der Waals surface area contributed by atoms with Gasteiger partial charge < -0.3 is 4.74 Å². The van der Waals surface area contributed by atoms with Crippen LogP contribution in [0.3, 0.4) is 0 Å². The van der Waals surface area contributed by atoms with E-state index in [1.165, 1.54) is 0 Å². The van der Waals surface area contributed by atoms with Gasteiger partial charge in [-0.1, -0.05) is 13.0 Å². The summed E-state index contributed by atoms with van der Waals surface area (Å²) in [6.45, 7) is 8.06. The third kappa shape index (κ3) is 2.75. The molecule has 1 fully saturated rings. The molecule has 0 radical (unpaired) electrons. The molecule has 0 N–H and O–H groups in total. The van der Waals surface area contributed by atoms with Gasteiger partial charge in [0.2, 0.25) is 0 Å². The highest BCUT2D eigenvalue weighted by atomic mass is 16.6. The largest absolute Gasteiger partial charge is 0.443 e. The van der Waals surface area contributed by atoms with Crippen molar-refractivity contribution in [2.75, 3.05) is 6.54 Å². The van der Waals surface area contributed by atoms with Crippen LogP contribution in [0.25, 0.3) is 0 Å². The lowest BCUT2D eigenvalue weighted by atomic mass is 9.62. The van der Waals surface area contributed by atoms with Crippen LogP contribution >= 0.6 is 0 Å². The van der Waals surface area contributed by atoms with Crippen LogP contribution in [0.4, 0.5) is 4.79 Å². The average Bonchev–Trinajstić information content (AvgIpc) is 2.44. The summed E-state index contributed by atoms with van der Waals surface area (Å²) in [6.07, 6.45) is 3.86. The van der Waals surface area contributed by atoms with Crippen molar-refractivity contribution in [2.45, 2.75) is 59.0 Å². The van der Waals surface area contributed by atoms with E-state index in [9.17, 15) is 14.9 Å². The van der Waals surface area contributed by atoms with E-state index in [1.807, 2.05) is 33.8 Å². The van der Waals surface area contributed by atoms with Crippen LogP contribution < -0.4 is 0 Å². The Morgan fingerprint density at radius 2 is 2.23 bits per heavy atom. The van der Waals surface area contributed by atoms with Gasteiger partial charge in [-0.25, -0.2) is 4.79 Å². The SMILES string of the molecule is CC[C@@]12CCCN(C(=O)OC(C)(C)C)C1=CCC(=O)[C@H]2C#N. The summed E-state index contributed by atoms with van der Waals surface area (Å²) in [5.74, 6) is -0.707. The summed E-state index contributed by atoms with van der Waals surface area (Å²) in [5.41, 5.74) is -0.302. The number of fused-ring (bicyclic) bond motifs is 1. The van der Waals surface area contributed by atoms with Crippen LogP contribution in [-0.4, -0.2) is 28.9 Å². The predicted octanol–water partition coefficient (Wildman–Crippen LogP) is 3.41. The first kappa shape index (κ1) is 16.5. The Morgan fingerprint density at radius 1 is 1.55 bits per heavy atom. The van der Waals surface area contributed by atoms with Gasteiger partial charge in [-0.2, -0.15) is 5.26 Å². The average molecular weight is 304 g/mol. The predicted molar refractivity (Wildman–Crippen MR) is 81.7 cm³/mol. The molecule has 0 aromatic rings. The van der Waals surface area contributed by atoms with Gasteiger partial charge in [-0.05, 0) is 40.0 Å². The minimum atomic E-state index is -0.664. The van der Waals surface area contributed by atoms with Crippen molar-refractivity contribution in [1.29, 1.82) is 5.26 Å². The third-order valence-electron chi connectivity index (χ3n) is 4.55.